The van der Waals surface area contributed by atoms with E-state index in [9.17, 15) is 9.59 Å². The van der Waals surface area contributed by atoms with E-state index in [1.54, 1.807) is 18.3 Å². The molecule has 5 heteroatoms. The van der Waals surface area contributed by atoms with Gasteiger partial charge in [0.25, 0.3) is 5.56 Å². The Hall–Kier alpha value is -2.56. The third kappa shape index (κ3) is 3.62. The van der Waals surface area contributed by atoms with E-state index in [0.29, 0.717) is 29.8 Å². The summed E-state index contributed by atoms with van der Waals surface area (Å²) in [5.41, 5.74) is 0.506. The number of nitrogens with zero attached hydrogens (tertiary/aromatic N) is 1. The summed E-state index contributed by atoms with van der Waals surface area (Å²) < 4.78 is 7.26. The fourth-order valence-corrected chi connectivity index (χ4v) is 2.57. The van der Waals surface area contributed by atoms with Crippen LogP contribution in [-0.2, 0) is 11.3 Å². The van der Waals surface area contributed by atoms with Crippen molar-refractivity contribution in [3.63, 3.8) is 0 Å². The maximum atomic E-state index is 11.9. The van der Waals surface area contributed by atoms with Gasteiger partial charge >= 0.3 is 0 Å². The van der Waals surface area contributed by atoms with Gasteiger partial charge < -0.3 is 14.3 Å². The molecule has 2 atom stereocenters. The number of hydrogen-bond acceptors (Lipinski definition) is 3. The maximum Gasteiger partial charge on any atom is 0.250 e. The van der Waals surface area contributed by atoms with Crippen LogP contribution < -0.4 is 10.9 Å². The Bertz CT molecular complexity index is 801. The summed E-state index contributed by atoms with van der Waals surface area (Å²) in [5.74, 6) is 2.63. The van der Waals surface area contributed by atoms with Gasteiger partial charge in [-0.1, -0.05) is 6.92 Å². The topological polar surface area (TPSA) is 64.2 Å². The van der Waals surface area contributed by atoms with Crippen LogP contribution in [-0.4, -0.2) is 10.5 Å². The van der Waals surface area contributed by atoms with Gasteiger partial charge in [0.2, 0.25) is 5.91 Å². The molecule has 0 saturated heterocycles. The second-order valence-corrected chi connectivity index (χ2v) is 5.92. The third-order valence-corrected chi connectivity index (χ3v) is 4.11. The lowest BCUT2D eigenvalue weighted by molar-refractivity contribution is -0.111. The summed E-state index contributed by atoms with van der Waals surface area (Å²) in [7, 11) is 0. The predicted octanol–water partition coefficient (Wildman–Crippen LogP) is 3.24. The van der Waals surface area contributed by atoms with Gasteiger partial charge in [0.1, 0.15) is 11.5 Å². The first kappa shape index (κ1) is 15.3. The summed E-state index contributed by atoms with van der Waals surface area (Å²) in [6.45, 7) is 4.64. The van der Waals surface area contributed by atoms with Crippen LogP contribution in [0, 0.1) is 5.92 Å². The van der Waals surface area contributed by atoms with E-state index in [1.165, 1.54) is 23.1 Å². The zero-order valence-corrected chi connectivity index (χ0v) is 13.3. The molecule has 23 heavy (non-hydrogen) atoms. The average molecular weight is 312 g/mol. The van der Waals surface area contributed by atoms with E-state index in [0.717, 1.165) is 5.76 Å². The molecule has 1 fully saturated rings. The SMILES string of the molecule is CCn1cc(NC(=O)C=Cc2ccc(C3CC3C)o2)ccc1=O. The van der Waals surface area contributed by atoms with Crippen LogP contribution in [0.5, 0.6) is 0 Å². The molecule has 3 rings (SSSR count). The van der Waals surface area contributed by atoms with Crippen LogP contribution in [0.4, 0.5) is 5.69 Å². The quantitative estimate of drug-likeness (QED) is 0.862. The minimum absolute atomic E-state index is 0.0848. The molecule has 0 aromatic carbocycles. The highest BCUT2D eigenvalue weighted by atomic mass is 16.3. The highest BCUT2D eigenvalue weighted by Gasteiger charge is 2.36. The maximum absolute atomic E-state index is 11.9. The number of aryl methyl sites for hydroxylation is 1. The Balaban J connectivity index is 1.62. The van der Waals surface area contributed by atoms with Crippen molar-refractivity contribution in [3.05, 3.63) is 58.4 Å². The van der Waals surface area contributed by atoms with Gasteiger partial charge in [0.15, 0.2) is 0 Å². The fraction of sp³-hybridized carbons (Fsp3) is 0.333. The summed E-state index contributed by atoms with van der Waals surface area (Å²) in [6, 6.07) is 6.89. The first-order chi connectivity index (χ1) is 11.1. The second-order valence-electron chi connectivity index (χ2n) is 5.92. The van der Waals surface area contributed by atoms with Crippen LogP contribution >= 0.6 is 0 Å². The molecule has 1 aliphatic carbocycles. The molecule has 1 amide bonds. The Morgan fingerprint density at radius 3 is 2.87 bits per heavy atom. The zero-order valence-electron chi connectivity index (χ0n) is 13.3. The van der Waals surface area contributed by atoms with Gasteiger partial charge in [-0.3, -0.25) is 9.59 Å². The van der Waals surface area contributed by atoms with Gasteiger partial charge in [-0.05, 0) is 43.5 Å². The van der Waals surface area contributed by atoms with Crippen molar-refractivity contribution in [1.29, 1.82) is 0 Å². The smallest absolute Gasteiger partial charge is 0.250 e. The Labute approximate surface area is 134 Å². The van der Waals surface area contributed by atoms with Gasteiger partial charge in [-0.25, -0.2) is 0 Å². The number of carbonyl (C=O) groups excluding carboxylic acids is 1. The summed E-state index contributed by atoms with van der Waals surface area (Å²) >= 11 is 0. The molecule has 5 nitrogen and oxygen atoms in total. The Kier molecular flexibility index (Phi) is 4.19. The fourth-order valence-electron chi connectivity index (χ4n) is 2.57. The number of carbonyl (C=O) groups is 1. The van der Waals surface area contributed by atoms with Crippen molar-refractivity contribution >= 4 is 17.7 Å². The van der Waals surface area contributed by atoms with E-state index < -0.39 is 0 Å². The average Bonchev–Trinajstić information content (AvgIpc) is 3.09. The lowest BCUT2D eigenvalue weighted by Gasteiger charge is -2.05. The molecular weight excluding hydrogens is 292 g/mol. The van der Waals surface area contributed by atoms with Crippen molar-refractivity contribution in [2.75, 3.05) is 5.32 Å². The lowest BCUT2D eigenvalue weighted by atomic mass is 10.3. The normalized spacial score (nSPS) is 19.9. The number of pyridine rings is 1. The standard InChI is InChI=1S/C18H20N2O3/c1-3-20-11-13(4-9-18(20)22)19-17(21)8-6-14-5-7-16(23-14)15-10-12(15)2/h4-9,11-12,15H,3,10H2,1-2H3,(H,19,21). The van der Waals surface area contributed by atoms with Crippen LogP contribution in [0.15, 0.2) is 45.8 Å². The Morgan fingerprint density at radius 2 is 2.17 bits per heavy atom. The van der Waals surface area contributed by atoms with Crippen molar-refractivity contribution in [1.82, 2.24) is 4.57 Å². The number of rotatable bonds is 5. The van der Waals surface area contributed by atoms with Crippen LogP contribution in [0.3, 0.4) is 0 Å². The van der Waals surface area contributed by atoms with E-state index in [-0.39, 0.29) is 11.5 Å². The molecule has 1 aliphatic rings. The molecule has 2 unspecified atom stereocenters. The van der Waals surface area contributed by atoms with Gasteiger partial charge in [-0.2, -0.15) is 0 Å². The highest BCUT2D eigenvalue weighted by Crippen LogP contribution is 2.47. The van der Waals surface area contributed by atoms with Gasteiger partial charge in [0, 0.05) is 30.8 Å². The van der Waals surface area contributed by atoms with E-state index in [1.807, 2.05) is 19.1 Å². The lowest BCUT2D eigenvalue weighted by Crippen LogP contribution is -2.19. The molecular formula is C18H20N2O3. The molecule has 0 bridgehead atoms. The van der Waals surface area contributed by atoms with E-state index in [4.69, 9.17) is 4.42 Å². The van der Waals surface area contributed by atoms with Crippen molar-refractivity contribution in [3.8, 4) is 0 Å². The minimum Gasteiger partial charge on any atom is -0.461 e. The number of hydrogen-bond donors (Lipinski definition) is 1. The summed E-state index contributed by atoms with van der Waals surface area (Å²) in [4.78, 5) is 23.5. The van der Waals surface area contributed by atoms with Crippen molar-refractivity contribution in [2.45, 2.75) is 32.7 Å². The van der Waals surface area contributed by atoms with E-state index in [2.05, 4.69) is 12.2 Å². The molecule has 2 aromatic heterocycles. The Morgan fingerprint density at radius 1 is 1.39 bits per heavy atom. The van der Waals surface area contributed by atoms with Crippen LogP contribution in [0.2, 0.25) is 0 Å². The first-order valence-electron chi connectivity index (χ1n) is 7.86. The van der Waals surface area contributed by atoms with Crippen molar-refractivity contribution < 1.29 is 9.21 Å². The summed E-state index contributed by atoms with van der Waals surface area (Å²) in [6.07, 6.45) is 5.89. The minimum atomic E-state index is -0.260. The molecule has 0 aliphatic heterocycles. The van der Waals surface area contributed by atoms with Gasteiger partial charge in [-0.15, -0.1) is 0 Å². The van der Waals surface area contributed by atoms with Crippen LogP contribution in [0.25, 0.3) is 6.08 Å². The molecule has 2 heterocycles. The second kappa shape index (κ2) is 6.28. The predicted molar refractivity (Wildman–Crippen MR) is 89.3 cm³/mol. The molecule has 120 valence electrons. The molecule has 0 radical (unpaired) electrons. The molecule has 2 aromatic rings. The number of amides is 1. The largest absolute Gasteiger partial charge is 0.461 e. The number of furan rings is 1. The molecule has 1 N–H and O–H groups in total. The van der Waals surface area contributed by atoms with E-state index >= 15 is 0 Å². The number of aromatic nitrogens is 1. The van der Waals surface area contributed by atoms with Gasteiger partial charge in [0.05, 0.1) is 5.69 Å². The first-order valence-corrected chi connectivity index (χ1v) is 7.86. The molecule has 0 spiro atoms. The van der Waals surface area contributed by atoms with Crippen LogP contribution in [0.1, 0.15) is 37.7 Å². The molecule has 1 saturated carbocycles. The zero-order chi connectivity index (χ0) is 16.4. The summed E-state index contributed by atoms with van der Waals surface area (Å²) in [5, 5.41) is 2.74. The highest BCUT2D eigenvalue weighted by molar-refractivity contribution is 6.01. The van der Waals surface area contributed by atoms with Crippen molar-refractivity contribution in [2.24, 2.45) is 5.92 Å². The number of nitrogens with one attached hydrogen (secondary N) is 1. The number of anilines is 1. The third-order valence-electron chi connectivity index (χ3n) is 4.11. The monoisotopic (exact) mass is 312 g/mol.